The Balaban J connectivity index is 1.58. The van der Waals surface area contributed by atoms with Crippen molar-refractivity contribution in [2.45, 2.75) is 71.0 Å². The first-order valence-corrected chi connectivity index (χ1v) is 11.7. The van der Waals surface area contributed by atoms with Gasteiger partial charge in [0.05, 0.1) is 12.8 Å². The molecule has 3 heterocycles. The SMILES string of the molecule is Cc1ccc(N2C(=O)c3cc(-c4ccco4)nn3CC2(C)C(=O)NC2CCCCC2)c(C)c1. The van der Waals surface area contributed by atoms with E-state index < -0.39 is 5.54 Å². The summed E-state index contributed by atoms with van der Waals surface area (Å²) in [5.74, 6) is 0.222. The molecule has 2 aromatic heterocycles. The number of nitrogens with zero attached hydrogens (tertiary/aromatic N) is 3. The van der Waals surface area contributed by atoms with Crippen LogP contribution < -0.4 is 10.2 Å². The summed E-state index contributed by atoms with van der Waals surface area (Å²) in [7, 11) is 0. The van der Waals surface area contributed by atoms with Crippen molar-refractivity contribution < 1.29 is 14.0 Å². The lowest BCUT2D eigenvalue weighted by atomic mass is 9.90. The number of nitrogens with one attached hydrogen (secondary N) is 1. The molecule has 0 radical (unpaired) electrons. The Bertz CT molecular complexity index is 1190. The molecule has 3 aromatic rings. The molecule has 1 atom stereocenters. The number of amides is 2. The van der Waals surface area contributed by atoms with E-state index in [0.717, 1.165) is 42.5 Å². The molecular formula is C26H30N4O3. The lowest BCUT2D eigenvalue weighted by Gasteiger charge is -2.44. The number of fused-ring (bicyclic) bond motifs is 1. The maximum absolute atomic E-state index is 13.9. The minimum atomic E-state index is -1.12. The van der Waals surface area contributed by atoms with E-state index in [4.69, 9.17) is 4.42 Å². The van der Waals surface area contributed by atoms with Gasteiger partial charge in [0.1, 0.15) is 16.9 Å². The van der Waals surface area contributed by atoms with E-state index in [2.05, 4.69) is 10.4 Å². The first-order chi connectivity index (χ1) is 15.9. The quantitative estimate of drug-likeness (QED) is 0.634. The second-order valence-corrected chi connectivity index (χ2v) is 9.56. The smallest absolute Gasteiger partial charge is 0.277 e. The number of aromatic nitrogens is 2. The van der Waals surface area contributed by atoms with E-state index >= 15 is 0 Å². The van der Waals surface area contributed by atoms with Gasteiger partial charge in [-0.25, -0.2) is 0 Å². The molecule has 33 heavy (non-hydrogen) atoms. The second-order valence-electron chi connectivity index (χ2n) is 9.56. The standard InChI is InChI=1S/C26H30N4O3/c1-17-11-12-21(18(2)14-17)30-24(31)22-15-20(23-10-7-13-33-23)28-29(22)16-26(30,3)25(32)27-19-8-5-4-6-9-19/h7,10-15,19H,4-6,8-9,16H2,1-3H3,(H,27,32). The van der Waals surface area contributed by atoms with E-state index in [0.29, 0.717) is 17.1 Å². The first-order valence-electron chi connectivity index (χ1n) is 11.7. The van der Waals surface area contributed by atoms with Crippen molar-refractivity contribution in [1.29, 1.82) is 0 Å². The topological polar surface area (TPSA) is 80.4 Å². The maximum Gasteiger partial charge on any atom is 0.277 e. The Morgan fingerprint density at radius 2 is 1.94 bits per heavy atom. The molecule has 0 spiro atoms. The van der Waals surface area contributed by atoms with Crippen LogP contribution in [-0.4, -0.2) is 33.2 Å². The number of rotatable bonds is 4. The fraction of sp³-hybridized carbons (Fsp3) is 0.423. The second kappa shape index (κ2) is 8.21. The van der Waals surface area contributed by atoms with Crippen molar-refractivity contribution in [3.8, 4) is 11.5 Å². The Morgan fingerprint density at radius 1 is 1.15 bits per heavy atom. The summed E-state index contributed by atoms with van der Waals surface area (Å²) in [4.78, 5) is 29.3. The summed E-state index contributed by atoms with van der Waals surface area (Å²) in [6.07, 6.45) is 7.00. The lowest BCUT2D eigenvalue weighted by molar-refractivity contribution is -0.127. The van der Waals surface area contributed by atoms with E-state index in [1.807, 2.05) is 45.0 Å². The highest BCUT2D eigenvalue weighted by Gasteiger charge is 2.49. The zero-order valence-electron chi connectivity index (χ0n) is 19.4. The normalized spacial score (nSPS) is 21.2. The molecule has 2 aliphatic rings. The molecule has 5 rings (SSSR count). The Labute approximate surface area is 193 Å². The number of carbonyl (C=O) groups excluding carboxylic acids is 2. The van der Waals surface area contributed by atoms with Crippen molar-refractivity contribution in [2.75, 3.05) is 4.90 Å². The van der Waals surface area contributed by atoms with Crippen molar-refractivity contribution in [2.24, 2.45) is 0 Å². The number of hydrogen-bond acceptors (Lipinski definition) is 4. The third kappa shape index (κ3) is 3.75. The third-order valence-corrected chi connectivity index (χ3v) is 6.95. The molecule has 0 saturated heterocycles. The Kier molecular flexibility index (Phi) is 5.35. The minimum Gasteiger partial charge on any atom is -0.463 e. The number of aryl methyl sites for hydroxylation is 2. The monoisotopic (exact) mass is 446 g/mol. The van der Waals surface area contributed by atoms with Gasteiger partial charge in [0.15, 0.2) is 5.76 Å². The Morgan fingerprint density at radius 3 is 2.64 bits per heavy atom. The summed E-state index contributed by atoms with van der Waals surface area (Å²) in [6, 6.07) is 11.5. The molecule has 1 aliphatic heterocycles. The summed E-state index contributed by atoms with van der Waals surface area (Å²) in [5, 5.41) is 7.88. The van der Waals surface area contributed by atoms with Gasteiger partial charge in [-0.2, -0.15) is 5.10 Å². The van der Waals surface area contributed by atoms with Gasteiger partial charge in [-0.15, -0.1) is 0 Å². The zero-order chi connectivity index (χ0) is 23.2. The summed E-state index contributed by atoms with van der Waals surface area (Å²) >= 11 is 0. The molecule has 1 fully saturated rings. The predicted octanol–water partition coefficient (Wildman–Crippen LogP) is 4.63. The van der Waals surface area contributed by atoms with Crippen molar-refractivity contribution in [1.82, 2.24) is 15.1 Å². The molecule has 7 nitrogen and oxygen atoms in total. The molecule has 1 N–H and O–H groups in total. The van der Waals surface area contributed by atoms with E-state index in [1.165, 1.54) is 6.42 Å². The zero-order valence-corrected chi connectivity index (χ0v) is 19.4. The van der Waals surface area contributed by atoms with Gasteiger partial charge >= 0.3 is 0 Å². The van der Waals surface area contributed by atoms with Crippen molar-refractivity contribution >= 4 is 17.5 Å². The van der Waals surface area contributed by atoms with Crippen LogP contribution in [0.2, 0.25) is 0 Å². The van der Waals surface area contributed by atoms with Crippen LogP contribution in [0.4, 0.5) is 5.69 Å². The van der Waals surface area contributed by atoms with Gasteiger partial charge in [-0.05, 0) is 57.4 Å². The van der Waals surface area contributed by atoms with E-state index in [9.17, 15) is 9.59 Å². The van der Waals surface area contributed by atoms with Crippen LogP contribution in [0.3, 0.4) is 0 Å². The molecule has 2 amide bonds. The Hall–Kier alpha value is -3.35. The molecule has 0 bridgehead atoms. The van der Waals surface area contributed by atoms with Crippen LogP contribution in [0.1, 0.15) is 60.6 Å². The molecule has 172 valence electrons. The molecular weight excluding hydrogens is 416 g/mol. The van der Waals surface area contributed by atoms with Crippen LogP contribution in [0.25, 0.3) is 11.5 Å². The molecule has 1 aliphatic carbocycles. The van der Waals surface area contributed by atoms with E-state index in [1.54, 1.807) is 28.0 Å². The van der Waals surface area contributed by atoms with Crippen LogP contribution in [-0.2, 0) is 11.3 Å². The van der Waals surface area contributed by atoms with Crippen LogP contribution in [0.5, 0.6) is 0 Å². The van der Waals surface area contributed by atoms with Gasteiger partial charge < -0.3 is 9.73 Å². The van der Waals surface area contributed by atoms with Crippen molar-refractivity contribution in [3.05, 3.63) is 59.5 Å². The molecule has 1 saturated carbocycles. The van der Waals surface area contributed by atoms with Gasteiger partial charge in [-0.1, -0.05) is 37.0 Å². The summed E-state index contributed by atoms with van der Waals surface area (Å²) < 4.78 is 7.15. The van der Waals surface area contributed by atoms with Gasteiger partial charge in [0.2, 0.25) is 5.91 Å². The third-order valence-electron chi connectivity index (χ3n) is 6.95. The average molecular weight is 447 g/mol. The number of anilines is 1. The predicted molar refractivity (Wildman–Crippen MR) is 126 cm³/mol. The van der Waals surface area contributed by atoms with Crippen LogP contribution >= 0.6 is 0 Å². The maximum atomic E-state index is 13.9. The first kappa shape index (κ1) is 21.5. The highest BCUT2D eigenvalue weighted by Crippen LogP contribution is 2.36. The molecule has 1 aromatic carbocycles. The highest BCUT2D eigenvalue weighted by atomic mass is 16.3. The fourth-order valence-corrected chi connectivity index (χ4v) is 5.15. The minimum absolute atomic E-state index is 0.136. The number of benzene rings is 1. The number of furan rings is 1. The number of hydrogen-bond donors (Lipinski definition) is 1. The van der Waals surface area contributed by atoms with Crippen LogP contribution in [0.15, 0.2) is 47.1 Å². The summed E-state index contributed by atoms with van der Waals surface area (Å²) in [6.45, 7) is 6.12. The van der Waals surface area contributed by atoms with E-state index in [-0.39, 0.29) is 24.4 Å². The van der Waals surface area contributed by atoms with Crippen LogP contribution in [0, 0.1) is 13.8 Å². The lowest BCUT2D eigenvalue weighted by Crippen LogP contribution is -2.65. The van der Waals surface area contributed by atoms with Gasteiger partial charge in [-0.3, -0.25) is 19.2 Å². The highest BCUT2D eigenvalue weighted by molar-refractivity contribution is 6.12. The summed E-state index contributed by atoms with van der Waals surface area (Å²) in [5.41, 5.74) is 2.73. The van der Waals surface area contributed by atoms with Gasteiger partial charge in [0, 0.05) is 17.8 Å². The fourth-order valence-electron chi connectivity index (χ4n) is 5.15. The van der Waals surface area contributed by atoms with Crippen molar-refractivity contribution in [3.63, 3.8) is 0 Å². The largest absolute Gasteiger partial charge is 0.463 e. The number of carbonyl (C=O) groups is 2. The molecule has 7 heteroatoms. The average Bonchev–Trinajstić information content (AvgIpc) is 3.46. The van der Waals surface area contributed by atoms with Gasteiger partial charge in [0.25, 0.3) is 5.91 Å². The molecule has 1 unspecified atom stereocenters.